The van der Waals surface area contributed by atoms with Gasteiger partial charge < -0.3 is 10.1 Å². The molecular weight excluding hydrogens is 270 g/mol. The lowest BCUT2D eigenvalue weighted by Crippen LogP contribution is -2.02. The fourth-order valence-electron chi connectivity index (χ4n) is 1.89. The first-order valence-corrected chi connectivity index (χ1v) is 6.66. The number of benzene rings is 1. The van der Waals surface area contributed by atoms with Crippen molar-refractivity contribution >= 4 is 11.5 Å². The number of nitrogens with one attached hydrogen (secondary N) is 1. The van der Waals surface area contributed by atoms with Crippen molar-refractivity contribution in [2.45, 2.75) is 20.5 Å². The van der Waals surface area contributed by atoms with Crippen LogP contribution in [0.5, 0.6) is 5.75 Å². The Morgan fingerprint density at radius 3 is 2.86 bits per heavy atom. The highest BCUT2D eigenvalue weighted by Gasteiger charge is 2.14. The molecule has 2 rings (SSSR count). The lowest BCUT2D eigenvalue weighted by molar-refractivity contribution is -0.386. The quantitative estimate of drug-likeness (QED) is 0.651. The molecule has 0 amide bonds. The van der Waals surface area contributed by atoms with E-state index in [0.29, 0.717) is 0 Å². The summed E-state index contributed by atoms with van der Waals surface area (Å²) in [7, 11) is 0. The summed E-state index contributed by atoms with van der Waals surface area (Å²) in [5.41, 5.74) is 1.79. The van der Waals surface area contributed by atoms with Crippen LogP contribution in [-0.4, -0.2) is 16.5 Å². The van der Waals surface area contributed by atoms with E-state index in [9.17, 15) is 10.1 Å². The van der Waals surface area contributed by atoms with Gasteiger partial charge in [-0.1, -0.05) is 6.07 Å². The zero-order valence-corrected chi connectivity index (χ0v) is 12.0. The first-order valence-electron chi connectivity index (χ1n) is 6.66. The largest absolute Gasteiger partial charge is 0.482 e. The van der Waals surface area contributed by atoms with Crippen molar-refractivity contribution in [3.05, 3.63) is 57.8 Å². The molecule has 0 aliphatic rings. The van der Waals surface area contributed by atoms with Crippen molar-refractivity contribution in [1.29, 1.82) is 0 Å². The number of aryl methyl sites for hydroxylation is 1. The van der Waals surface area contributed by atoms with Gasteiger partial charge in [-0.2, -0.15) is 0 Å². The number of pyridine rings is 1. The highest BCUT2D eigenvalue weighted by Crippen LogP contribution is 2.28. The molecule has 0 atom stereocenters. The van der Waals surface area contributed by atoms with E-state index < -0.39 is 4.92 Å². The third kappa shape index (κ3) is 3.92. The summed E-state index contributed by atoms with van der Waals surface area (Å²) in [6, 6.07) is 8.51. The fourth-order valence-corrected chi connectivity index (χ4v) is 1.89. The van der Waals surface area contributed by atoms with Gasteiger partial charge in [0.1, 0.15) is 12.4 Å². The molecule has 0 saturated heterocycles. The molecule has 0 radical (unpaired) electrons. The molecule has 0 unspecified atom stereocenters. The summed E-state index contributed by atoms with van der Waals surface area (Å²) in [6.45, 7) is 4.89. The van der Waals surface area contributed by atoms with E-state index in [0.717, 1.165) is 23.5 Å². The first kappa shape index (κ1) is 14.8. The Morgan fingerprint density at radius 2 is 2.14 bits per heavy atom. The molecule has 0 fully saturated rings. The van der Waals surface area contributed by atoms with Crippen molar-refractivity contribution < 1.29 is 9.66 Å². The second kappa shape index (κ2) is 6.69. The van der Waals surface area contributed by atoms with Crippen molar-refractivity contribution in [2.24, 2.45) is 0 Å². The van der Waals surface area contributed by atoms with Gasteiger partial charge in [-0.25, -0.2) is 4.98 Å². The van der Waals surface area contributed by atoms with Crippen LogP contribution in [0.1, 0.15) is 18.1 Å². The molecule has 2 aromatic rings. The topological polar surface area (TPSA) is 77.3 Å². The minimum atomic E-state index is -0.439. The molecule has 1 aromatic heterocycles. The smallest absolute Gasteiger partial charge is 0.310 e. The van der Waals surface area contributed by atoms with Crippen molar-refractivity contribution in [3.63, 3.8) is 0 Å². The van der Waals surface area contributed by atoms with Crippen LogP contribution in [0, 0.1) is 17.0 Å². The molecule has 1 heterocycles. The maximum absolute atomic E-state index is 11.0. The summed E-state index contributed by atoms with van der Waals surface area (Å²) in [5.74, 6) is 1.04. The summed E-state index contributed by atoms with van der Waals surface area (Å²) in [6.07, 6.45) is 1.68. The van der Waals surface area contributed by atoms with Gasteiger partial charge in [0.05, 0.1) is 4.92 Å². The van der Waals surface area contributed by atoms with Crippen LogP contribution in [0.2, 0.25) is 0 Å². The third-order valence-corrected chi connectivity index (χ3v) is 2.89. The molecule has 0 aliphatic carbocycles. The van der Waals surface area contributed by atoms with Crippen LogP contribution in [0.3, 0.4) is 0 Å². The van der Waals surface area contributed by atoms with Crippen LogP contribution in [-0.2, 0) is 6.61 Å². The van der Waals surface area contributed by atoms with Crippen LogP contribution < -0.4 is 10.1 Å². The first-order chi connectivity index (χ1) is 10.1. The SMILES string of the molecule is CCNc1cc(COc2cc(C)ccc2[N+](=O)[O-])ccn1. The minimum absolute atomic E-state index is 0.0263. The summed E-state index contributed by atoms with van der Waals surface area (Å²) >= 11 is 0. The van der Waals surface area contributed by atoms with Gasteiger partial charge in [-0.05, 0) is 43.2 Å². The maximum atomic E-state index is 11.0. The van der Waals surface area contributed by atoms with E-state index in [1.807, 2.05) is 26.0 Å². The highest BCUT2D eigenvalue weighted by molar-refractivity contribution is 5.48. The van der Waals surface area contributed by atoms with E-state index in [-0.39, 0.29) is 18.0 Å². The summed E-state index contributed by atoms with van der Waals surface area (Å²) < 4.78 is 5.60. The van der Waals surface area contributed by atoms with Gasteiger partial charge in [-0.15, -0.1) is 0 Å². The normalized spacial score (nSPS) is 10.2. The van der Waals surface area contributed by atoms with Gasteiger partial charge in [0.2, 0.25) is 0 Å². The molecule has 0 saturated carbocycles. The number of hydrogen-bond acceptors (Lipinski definition) is 5. The van der Waals surface area contributed by atoms with Crippen LogP contribution in [0.25, 0.3) is 0 Å². The molecule has 0 aliphatic heterocycles. The maximum Gasteiger partial charge on any atom is 0.310 e. The average molecular weight is 287 g/mol. The van der Waals surface area contributed by atoms with Gasteiger partial charge in [0.25, 0.3) is 0 Å². The van der Waals surface area contributed by atoms with Crippen LogP contribution in [0.4, 0.5) is 11.5 Å². The van der Waals surface area contributed by atoms with Crippen molar-refractivity contribution in [2.75, 3.05) is 11.9 Å². The lowest BCUT2D eigenvalue weighted by Gasteiger charge is -2.09. The minimum Gasteiger partial charge on any atom is -0.482 e. The summed E-state index contributed by atoms with van der Waals surface area (Å²) in [4.78, 5) is 14.7. The van der Waals surface area contributed by atoms with Gasteiger partial charge >= 0.3 is 5.69 Å². The molecule has 0 spiro atoms. The number of anilines is 1. The number of ether oxygens (including phenoxy) is 1. The highest BCUT2D eigenvalue weighted by atomic mass is 16.6. The number of nitrogens with zero attached hydrogens (tertiary/aromatic N) is 2. The molecular formula is C15H17N3O3. The molecule has 1 N–H and O–H groups in total. The zero-order chi connectivity index (χ0) is 15.2. The lowest BCUT2D eigenvalue weighted by atomic mass is 10.2. The number of nitro groups is 1. The van der Waals surface area contributed by atoms with Crippen molar-refractivity contribution in [3.8, 4) is 5.75 Å². The van der Waals surface area contributed by atoms with Gasteiger partial charge in [-0.3, -0.25) is 10.1 Å². The Balaban J connectivity index is 2.14. The Labute approximate surface area is 122 Å². The van der Waals surface area contributed by atoms with Gasteiger partial charge in [0, 0.05) is 18.8 Å². The van der Waals surface area contributed by atoms with E-state index in [2.05, 4.69) is 10.3 Å². The van der Waals surface area contributed by atoms with Gasteiger partial charge in [0.15, 0.2) is 5.75 Å². The van der Waals surface area contributed by atoms with Crippen molar-refractivity contribution in [1.82, 2.24) is 4.98 Å². The predicted octanol–water partition coefficient (Wildman–Crippen LogP) is 3.31. The number of rotatable bonds is 6. The van der Waals surface area contributed by atoms with E-state index in [4.69, 9.17) is 4.74 Å². The predicted molar refractivity (Wildman–Crippen MR) is 80.6 cm³/mol. The van der Waals surface area contributed by atoms with Crippen LogP contribution in [0.15, 0.2) is 36.5 Å². The fraction of sp³-hybridized carbons (Fsp3) is 0.267. The molecule has 6 nitrogen and oxygen atoms in total. The number of nitro benzene ring substituents is 1. The van der Waals surface area contributed by atoms with E-state index in [1.165, 1.54) is 6.07 Å². The summed E-state index contributed by atoms with van der Waals surface area (Å²) in [5, 5.41) is 14.1. The Bertz CT molecular complexity index is 644. The Morgan fingerprint density at radius 1 is 1.33 bits per heavy atom. The molecule has 110 valence electrons. The Hall–Kier alpha value is -2.63. The second-order valence-corrected chi connectivity index (χ2v) is 4.60. The van der Waals surface area contributed by atoms with E-state index >= 15 is 0 Å². The number of aromatic nitrogens is 1. The molecule has 6 heteroatoms. The Kier molecular flexibility index (Phi) is 4.71. The second-order valence-electron chi connectivity index (χ2n) is 4.60. The molecule has 21 heavy (non-hydrogen) atoms. The monoisotopic (exact) mass is 287 g/mol. The van der Waals surface area contributed by atoms with E-state index in [1.54, 1.807) is 18.3 Å². The zero-order valence-electron chi connectivity index (χ0n) is 12.0. The molecule has 0 bridgehead atoms. The standard InChI is InChI=1S/C15H17N3O3/c1-3-16-15-9-12(6-7-17-15)10-21-14-8-11(2)4-5-13(14)18(19)20/h4-9H,3,10H2,1-2H3,(H,16,17). The third-order valence-electron chi connectivity index (χ3n) is 2.89. The molecule has 1 aromatic carbocycles. The van der Waals surface area contributed by atoms with Crippen LogP contribution >= 0.6 is 0 Å². The number of hydrogen-bond donors (Lipinski definition) is 1. The average Bonchev–Trinajstić information content (AvgIpc) is 2.45.